The zero-order valence-electron chi connectivity index (χ0n) is 16.5. The van der Waals surface area contributed by atoms with E-state index >= 15 is 0 Å². The Labute approximate surface area is 174 Å². The number of amides is 3. The highest BCUT2D eigenvalue weighted by atomic mass is 32.2. The van der Waals surface area contributed by atoms with Crippen molar-refractivity contribution in [2.75, 3.05) is 19.8 Å². The zero-order valence-corrected chi connectivity index (χ0v) is 17.3. The number of rotatable bonds is 10. The van der Waals surface area contributed by atoms with E-state index in [0.717, 1.165) is 0 Å². The maximum atomic E-state index is 12.4. The van der Waals surface area contributed by atoms with E-state index in [0.29, 0.717) is 44.0 Å². The van der Waals surface area contributed by atoms with Gasteiger partial charge in [0.05, 0.1) is 4.90 Å². The zero-order chi connectivity index (χ0) is 22.1. The predicted octanol–water partition coefficient (Wildman–Crippen LogP) is 0.423. The van der Waals surface area contributed by atoms with E-state index in [1.807, 2.05) is 5.32 Å². The summed E-state index contributed by atoms with van der Waals surface area (Å²) in [6.45, 7) is 2.30. The van der Waals surface area contributed by atoms with Crippen LogP contribution in [0.25, 0.3) is 0 Å². The van der Waals surface area contributed by atoms with Crippen LogP contribution in [0.5, 0.6) is 11.5 Å². The summed E-state index contributed by atoms with van der Waals surface area (Å²) < 4.78 is 42.9. The number of hydrogen-bond donors (Lipinski definition) is 3. The first-order chi connectivity index (χ1) is 14.2. The summed E-state index contributed by atoms with van der Waals surface area (Å²) in [7, 11) is -3.69. The molecule has 1 aliphatic rings. The number of ether oxygens (including phenoxy) is 3. The van der Waals surface area contributed by atoms with Gasteiger partial charge in [-0.3, -0.25) is 14.9 Å². The number of fused-ring (bicyclic) bond motifs is 1. The molecule has 1 aromatic rings. The van der Waals surface area contributed by atoms with Gasteiger partial charge in [0.15, 0.2) is 17.6 Å². The van der Waals surface area contributed by atoms with Gasteiger partial charge in [0.2, 0.25) is 10.0 Å². The van der Waals surface area contributed by atoms with E-state index in [9.17, 15) is 22.8 Å². The van der Waals surface area contributed by atoms with Gasteiger partial charge in [-0.2, -0.15) is 0 Å². The number of hydrogen-bond acceptors (Lipinski definition) is 8. The van der Waals surface area contributed by atoms with Gasteiger partial charge < -0.3 is 19.9 Å². The van der Waals surface area contributed by atoms with E-state index in [1.54, 1.807) is 6.07 Å². The van der Waals surface area contributed by atoms with Crippen molar-refractivity contribution in [1.29, 1.82) is 0 Å². The number of sulfonamides is 1. The van der Waals surface area contributed by atoms with Gasteiger partial charge in [-0.1, -0.05) is 6.42 Å². The van der Waals surface area contributed by atoms with Gasteiger partial charge >= 0.3 is 12.0 Å². The van der Waals surface area contributed by atoms with Gasteiger partial charge in [-0.05, 0) is 31.9 Å². The van der Waals surface area contributed by atoms with Crippen molar-refractivity contribution >= 4 is 27.9 Å². The largest absolute Gasteiger partial charge is 0.486 e. The molecule has 1 heterocycles. The number of urea groups is 1. The molecule has 1 atom stereocenters. The summed E-state index contributed by atoms with van der Waals surface area (Å²) in [4.78, 5) is 33.8. The molecule has 30 heavy (non-hydrogen) atoms. The molecule has 3 amide bonds. The van der Waals surface area contributed by atoms with Crippen LogP contribution >= 0.6 is 0 Å². The minimum absolute atomic E-state index is 0.0586. The Hall–Kier alpha value is -2.86. The predicted molar refractivity (Wildman–Crippen MR) is 104 cm³/mol. The lowest BCUT2D eigenvalue weighted by Gasteiger charge is -2.18. The van der Waals surface area contributed by atoms with E-state index in [-0.39, 0.29) is 17.9 Å². The smallest absolute Gasteiger partial charge is 0.318 e. The number of benzene rings is 1. The third-order valence-electron chi connectivity index (χ3n) is 4.10. The summed E-state index contributed by atoms with van der Waals surface area (Å²) in [6.07, 6.45) is 0.454. The molecular weight excluding hydrogens is 418 g/mol. The summed E-state index contributed by atoms with van der Waals surface area (Å²) in [6, 6.07) is 3.39. The van der Waals surface area contributed by atoms with Crippen molar-refractivity contribution < 1.29 is 37.0 Å². The first kappa shape index (κ1) is 23.4. The van der Waals surface area contributed by atoms with Crippen LogP contribution in [-0.4, -0.2) is 52.2 Å². The molecule has 0 saturated carbocycles. The van der Waals surface area contributed by atoms with Crippen LogP contribution in [0.15, 0.2) is 23.1 Å². The van der Waals surface area contributed by atoms with Crippen molar-refractivity contribution in [2.45, 2.75) is 43.6 Å². The number of nitrogens with one attached hydrogen (secondary N) is 2. The van der Waals surface area contributed by atoms with Crippen molar-refractivity contribution in [3.63, 3.8) is 0 Å². The summed E-state index contributed by atoms with van der Waals surface area (Å²) in [5, 5.41) is 1.82. The number of carbonyl (C=O) groups is 3. The molecule has 0 bridgehead atoms. The first-order valence-electron chi connectivity index (χ1n) is 9.38. The molecule has 11 nitrogen and oxygen atoms in total. The summed E-state index contributed by atoms with van der Waals surface area (Å²) in [5.74, 6) is -0.502. The third kappa shape index (κ3) is 7.19. The lowest BCUT2D eigenvalue weighted by atomic mass is 10.2. The van der Waals surface area contributed by atoms with Gasteiger partial charge in [-0.25, -0.2) is 17.9 Å². The normalized spacial score (nSPS) is 13.9. The Morgan fingerprint density at radius 1 is 1.13 bits per heavy atom. The van der Waals surface area contributed by atoms with Crippen LogP contribution in [-0.2, 0) is 24.3 Å². The fourth-order valence-electron chi connectivity index (χ4n) is 2.58. The quantitative estimate of drug-likeness (QED) is 0.346. The molecule has 4 N–H and O–H groups in total. The minimum Gasteiger partial charge on any atom is -0.486 e. The fourth-order valence-corrected chi connectivity index (χ4v) is 3.67. The second kappa shape index (κ2) is 10.8. The van der Waals surface area contributed by atoms with Crippen LogP contribution in [0.2, 0.25) is 0 Å². The number of primary amides is 1. The van der Waals surface area contributed by atoms with E-state index in [1.165, 1.54) is 19.1 Å². The number of esters is 1. The first-order valence-corrected chi connectivity index (χ1v) is 10.9. The maximum absolute atomic E-state index is 12.4. The molecule has 0 fully saturated rings. The number of nitrogens with two attached hydrogens (primary N) is 1. The van der Waals surface area contributed by atoms with Crippen LogP contribution < -0.4 is 25.2 Å². The Balaban J connectivity index is 1.67. The lowest BCUT2D eigenvalue weighted by molar-refractivity contribution is -0.154. The third-order valence-corrected chi connectivity index (χ3v) is 5.56. The van der Waals surface area contributed by atoms with Gasteiger partial charge in [-0.15, -0.1) is 0 Å². The van der Waals surface area contributed by atoms with Crippen LogP contribution in [0, 0.1) is 0 Å². The molecule has 0 saturated heterocycles. The standard InChI is InChI=1S/C18H25N3O8S/c1-12(17(23)21-18(19)24)29-16(22)5-3-2-4-8-20-30(25,26)13-6-7-14-15(11-13)28-10-9-27-14/h6-7,11-12,20H,2-5,8-10H2,1H3,(H3,19,21,23,24)/t12-/m1/s1. The Morgan fingerprint density at radius 2 is 1.83 bits per heavy atom. The average Bonchev–Trinajstić information content (AvgIpc) is 2.69. The van der Waals surface area contributed by atoms with Crippen molar-refractivity contribution in [3.8, 4) is 11.5 Å². The summed E-state index contributed by atoms with van der Waals surface area (Å²) in [5.41, 5.74) is 4.81. The monoisotopic (exact) mass is 443 g/mol. The number of unbranched alkanes of at least 4 members (excludes halogenated alkanes) is 2. The van der Waals surface area contributed by atoms with E-state index in [2.05, 4.69) is 4.72 Å². The Bertz CT molecular complexity index is 887. The fraction of sp³-hybridized carbons (Fsp3) is 0.500. The van der Waals surface area contributed by atoms with Crippen LogP contribution in [0.3, 0.4) is 0 Å². The molecule has 1 aliphatic heterocycles. The van der Waals surface area contributed by atoms with Crippen LogP contribution in [0.1, 0.15) is 32.6 Å². The highest BCUT2D eigenvalue weighted by Gasteiger charge is 2.20. The molecule has 12 heteroatoms. The SMILES string of the molecule is C[C@@H](OC(=O)CCCCCNS(=O)(=O)c1ccc2c(c1)OCCO2)C(=O)NC(N)=O. The molecular formula is C18H25N3O8S. The molecule has 0 unspecified atom stereocenters. The van der Waals surface area contributed by atoms with E-state index < -0.39 is 34.0 Å². The van der Waals surface area contributed by atoms with Gasteiger partial charge in [0.25, 0.3) is 5.91 Å². The van der Waals surface area contributed by atoms with Crippen LogP contribution in [0.4, 0.5) is 4.79 Å². The second-order valence-electron chi connectivity index (χ2n) is 6.50. The van der Waals surface area contributed by atoms with E-state index in [4.69, 9.17) is 19.9 Å². The Morgan fingerprint density at radius 3 is 2.53 bits per heavy atom. The molecule has 166 valence electrons. The average molecular weight is 443 g/mol. The Kier molecular flexibility index (Phi) is 8.42. The number of carbonyl (C=O) groups excluding carboxylic acids is 3. The molecule has 0 aliphatic carbocycles. The maximum Gasteiger partial charge on any atom is 0.318 e. The van der Waals surface area contributed by atoms with Crippen molar-refractivity contribution in [1.82, 2.24) is 10.0 Å². The molecule has 1 aromatic carbocycles. The molecule has 2 rings (SSSR count). The van der Waals surface area contributed by atoms with Gasteiger partial charge in [0.1, 0.15) is 13.2 Å². The highest BCUT2D eigenvalue weighted by Crippen LogP contribution is 2.32. The lowest BCUT2D eigenvalue weighted by Crippen LogP contribution is -2.42. The topological polar surface area (TPSA) is 163 Å². The number of imide groups is 1. The second-order valence-corrected chi connectivity index (χ2v) is 8.27. The molecule has 0 aromatic heterocycles. The molecule has 0 spiro atoms. The highest BCUT2D eigenvalue weighted by molar-refractivity contribution is 7.89. The molecule has 0 radical (unpaired) electrons. The van der Waals surface area contributed by atoms with Crippen molar-refractivity contribution in [3.05, 3.63) is 18.2 Å². The summed E-state index contributed by atoms with van der Waals surface area (Å²) >= 11 is 0. The van der Waals surface area contributed by atoms with Gasteiger partial charge in [0, 0.05) is 19.0 Å². The minimum atomic E-state index is -3.69. The van der Waals surface area contributed by atoms with Crippen molar-refractivity contribution in [2.24, 2.45) is 5.73 Å².